The minimum atomic E-state index is -0.150. The molecule has 1 aromatic heterocycles. The van der Waals surface area contributed by atoms with Crippen LogP contribution in [-0.2, 0) is 19.4 Å². The van der Waals surface area contributed by atoms with Gasteiger partial charge >= 0.3 is 0 Å². The van der Waals surface area contributed by atoms with E-state index in [4.69, 9.17) is 5.73 Å². The number of piperidine rings is 1. The van der Waals surface area contributed by atoms with E-state index in [1.807, 2.05) is 18.2 Å². The summed E-state index contributed by atoms with van der Waals surface area (Å²) in [4.78, 5) is 11.5. The molecule has 1 atom stereocenters. The predicted octanol–water partition coefficient (Wildman–Crippen LogP) is 3.41. The smallest absolute Gasteiger partial charge is 0.152 e. The Morgan fingerprint density at radius 3 is 2.56 bits per heavy atom. The van der Waals surface area contributed by atoms with E-state index in [0.29, 0.717) is 17.8 Å². The number of nitrogens with two attached hydrogens (primary N) is 1. The molecule has 0 radical (unpaired) electrons. The van der Waals surface area contributed by atoms with Crippen molar-refractivity contribution in [2.75, 3.05) is 18.0 Å². The van der Waals surface area contributed by atoms with Gasteiger partial charge in [0.1, 0.15) is 11.4 Å². The number of aromatic nitrogens is 2. The molecule has 1 aliphatic heterocycles. The molecule has 0 unspecified atom stereocenters. The summed E-state index contributed by atoms with van der Waals surface area (Å²) in [6.07, 6.45) is 5.44. The van der Waals surface area contributed by atoms with Gasteiger partial charge in [-0.3, -0.25) is 0 Å². The first kappa shape index (κ1) is 20.7. The molecule has 1 fully saturated rings. The quantitative estimate of drug-likeness (QED) is 0.631. The maximum Gasteiger partial charge on any atom is 0.152 e. The van der Waals surface area contributed by atoms with Gasteiger partial charge in [-0.1, -0.05) is 60.5 Å². The fraction of sp³-hybridized carbons (Fsp3) is 0.333. The molecule has 3 N–H and O–H groups in total. The van der Waals surface area contributed by atoms with Crippen LogP contribution >= 0.6 is 0 Å². The highest BCUT2D eigenvalue weighted by Crippen LogP contribution is 2.50. The van der Waals surface area contributed by atoms with E-state index in [-0.39, 0.29) is 18.1 Å². The number of aliphatic hydroxyl groups is 1. The molecule has 32 heavy (non-hydrogen) atoms. The molecule has 1 aliphatic carbocycles. The zero-order valence-corrected chi connectivity index (χ0v) is 18.2. The van der Waals surface area contributed by atoms with Gasteiger partial charge in [0.25, 0.3) is 0 Å². The first-order valence-electron chi connectivity index (χ1n) is 11.3. The summed E-state index contributed by atoms with van der Waals surface area (Å²) in [7, 11) is 0. The van der Waals surface area contributed by atoms with Crippen molar-refractivity contribution in [2.45, 2.75) is 38.3 Å². The SMILES string of the molecule is N[C@@H]1c2ccccc2CC12CCN(c1ncc(C#CCc3ccccc3)nc1CO)CC2. The van der Waals surface area contributed by atoms with Crippen LogP contribution in [0.3, 0.4) is 0 Å². The van der Waals surface area contributed by atoms with Crippen LogP contribution in [-0.4, -0.2) is 28.2 Å². The standard InChI is InChI=1S/C27H28N4O/c28-25-23-12-5-4-10-21(23)17-27(25)13-15-31(16-14-27)26-24(19-32)30-22(18-29-26)11-6-9-20-7-2-1-3-8-20/h1-5,7-8,10,12,18,25,32H,9,13-17,19,28H2/t25-/m1/s1. The Balaban J connectivity index is 1.28. The lowest BCUT2D eigenvalue weighted by atomic mass is 9.73. The van der Waals surface area contributed by atoms with E-state index in [9.17, 15) is 5.11 Å². The number of fused-ring (bicyclic) bond motifs is 1. The van der Waals surface area contributed by atoms with Crippen molar-refractivity contribution in [1.82, 2.24) is 9.97 Å². The van der Waals surface area contributed by atoms with E-state index in [0.717, 1.165) is 38.2 Å². The van der Waals surface area contributed by atoms with Crippen LogP contribution in [0.1, 0.15) is 47.0 Å². The van der Waals surface area contributed by atoms with Gasteiger partial charge < -0.3 is 15.7 Å². The highest BCUT2D eigenvalue weighted by atomic mass is 16.3. The lowest BCUT2D eigenvalue weighted by Gasteiger charge is -2.42. The summed E-state index contributed by atoms with van der Waals surface area (Å²) in [5.41, 5.74) is 11.9. The Bertz CT molecular complexity index is 1160. The Labute approximate surface area is 189 Å². The Hall–Kier alpha value is -3.20. The fourth-order valence-corrected chi connectivity index (χ4v) is 5.15. The summed E-state index contributed by atoms with van der Waals surface area (Å²) in [6.45, 7) is 1.58. The molecule has 1 spiro atoms. The second kappa shape index (κ2) is 8.74. The summed E-state index contributed by atoms with van der Waals surface area (Å²) in [5.74, 6) is 7.00. The minimum Gasteiger partial charge on any atom is -0.390 e. The molecule has 2 aliphatic rings. The average molecular weight is 425 g/mol. The molecule has 2 heterocycles. The van der Waals surface area contributed by atoms with E-state index in [2.05, 4.69) is 63.1 Å². The molecule has 0 saturated carbocycles. The van der Waals surface area contributed by atoms with Crippen molar-refractivity contribution in [3.8, 4) is 11.8 Å². The van der Waals surface area contributed by atoms with Crippen LogP contribution in [0.25, 0.3) is 0 Å². The molecule has 5 nitrogen and oxygen atoms in total. The van der Waals surface area contributed by atoms with Crippen LogP contribution in [0.4, 0.5) is 5.82 Å². The summed E-state index contributed by atoms with van der Waals surface area (Å²) in [6, 6.07) is 18.8. The number of hydrogen-bond acceptors (Lipinski definition) is 5. The summed E-state index contributed by atoms with van der Waals surface area (Å²) >= 11 is 0. The second-order valence-corrected chi connectivity index (χ2v) is 8.85. The van der Waals surface area contributed by atoms with E-state index >= 15 is 0 Å². The third-order valence-electron chi connectivity index (χ3n) is 6.98. The van der Waals surface area contributed by atoms with Gasteiger partial charge in [0.15, 0.2) is 5.82 Å². The van der Waals surface area contributed by atoms with Crippen molar-refractivity contribution in [2.24, 2.45) is 11.1 Å². The Kier molecular flexibility index (Phi) is 5.65. The van der Waals surface area contributed by atoms with Crippen LogP contribution in [0.5, 0.6) is 0 Å². The molecule has 162 valence electrons. The van der Waals surface area contributed by atoms with Gasteiger partial charge in [0, 0.05) is 25.6 Å². The average Bonchev–Trinajstić information content (AvgIpc) is 3.11. The number of anilines is 1. The minimum absolute atomic E-state index is 0.0894. The first-order chi connectivity index (χ1) is 15.7. The van der Waals surface area contributed by atoms with Crippen molar-refractivity contribution in [1.29, 1.82) is 0 Å². The molecule has 0 bridgehead atoms. The zero-order chi connectivity index (χ0) is 22.0. The maximum absolute atomic E-state index is 9.95. The molecule has 5 rings (SSSR count). The molecule has 3 aromatic rings. The maximum atomic E-state index is 9.95. The monoisotopic (exact) mass is 424 g/mol. The molecular weight excluding hydrogens is 396 g/mol. The third-order valence-corrected chi connectivity index (χ3v) is 6.98. The lowest BCUT2D eigenvalue weighted by Crippen LogP contribution is -2.45. The number of nitrogens with zero attached hydrogens (tertiary/aromatic N) is 3. The van der Waals surface area contributed by atoms with Crippen LogP contribution in [0.2, 0.25) is 0 Å². The predicted molar refractivity (Wildman–Crippen MR) is 126 cm³/mol. The summed E-state index contributed by atoms with van der Waals surface area (Å²) in [5, 5.41) is 9.95. The molecule has 2 aromatic carbocycles. The molecule has 5 heteroatoms. The van der Waals surface area contributed by atoms with Gasteiger partial charge in [-0.2, -0.15) is 0 Å². The topological polar surface area (TPSA) is 75.3 Å². The lowest BCUT2D eigenvalue weighted by molar-refractivity contribution is 0.186. The fourth-order valence-electron chi connectivity index (χ4n) is 5.15. The van der Waals surface area contributed by atoms with Crippen molar-refractivity contribution >= 4 is 5.82 Å². The molecular formula is C27H28N4O. The Morgan fingerprint density at radius 1 is 1.06 bits per heavy atom. The van der Waals surface area contributed by atoms with Crippen LogP contribution in [0, 0.1) is 17.3 Å². The first-order valence-corrected chi connectivity index (χ1v) is 11.3. The molecule has 1 saturated heterocycles. The Morgan fingerprint density at radius 2 is 1.81 bits per heavy atom. The van der Waals surface area contributed by atoms with Crippen molar-refractivity contribution in [3.63, 3.8) is 0 Å². The van der Waals surface area contributed by atoms with Crippen LogP contribution < -0.4 is 10.6 Å². The van der Waals surface area contributed by atoms with Gasteiger partial charge in [0.2, 0.25) is 0 Å². The van der Waals surface area contributed by atoms with E-state index in [1.165, 1.54) is 16.7 Å². The second-order valence-electron chi connectivity index (χ2n) is 8.85. The van der Waals surface area contributed by atoms with Crippen molar-refractivity contribution < 1.29 is 5.11 Å². The largest absolute Gasteiger partial charge is 0.390 e. The van der Waals surface area contributed by atoms with Gasteiger partial charge in [-0.25, -0.2) is 9.97 Å². The number of rotatable bonds is 3. The van der Waals surface area contributed by atoms with Gasteiger partial charge in [-0.05, 0) is 47.3 Å². The normalized spacial score (nSPS) is 18.8. The zero-order valence-electron chi connectivity index (χ0n) is 18.2. The number of benzene rings is 2. The van der Waals surface area contributed by atoms with Gasteiger partial charge in [0.05, 0.1) is 12.8 Å². The van der Waals surface area contributed by atoms with E-state index in [1.54, 1.807) is 6.20 Å². The number of hydrogen-bond donors (Lipinski definition) is 2. The van der Waals surface area contributed by atoms with Crippen LogP contribution in [0.15, 0.2) is 60.8 Å². The number of aliphatic hydroxyl groups excluding tert-OH is 1. The molecule has 0 amide bonds. The highest BCUT2D eigenvalue weighted by molar-refractivity contribution is 5.47. The van der Waals surface area contributed by atoms with Crippen molar-refractivity contribution in [3.05, 3.63) is 88.9 Å². The highest BCUT2D eigenvalue weighted by Gasteiger charge is 2.46. The van der Waals surface area contributed by atoms with E-state index < -0.39 is 0 Å². The third kappa shape index (κ3) is 3.88. The summed E-state index contributed by atoms with van der Waals surface area (Å²) < 4.78 is 0. The van der Waals surface area contributed by atoms with Gasteiger partial charge in [-0.15, -0.1) is 0 Å².